The molecule has 0 bridgehead atoms. The number of halogens is 1. The molecule has 2 aromatic heterocycles. The number of aromatic amines is 1. The fourth-order valence-electron chi connectivity index (χ4n) is 2.82. The molecule has 24 heavy (non-hydrogen) atoms. The standard InChI is InChI=1S/C19H14FN3O/c1-23(15-8-6-14(20)7-9-15)19(24)16-11-13-5-4-12-3-2-10-21-17(12)18(13)22-16/h2-11,22H,1H3. The van der Waals surface area contributed by atoms with Gasteiger partial charge in [-0.25, -0.2) is 4.39 Å². The van der Waals surface area contributed by atoms with Gasteiger partial charge in [0.2, 0.25) is 0 Å². The molecule has 0 unspecified atom stereocenters. The number of amides is 1. The van der Waals surface area contributed by atoms with Gasteiger partial charge in [-0.2, -0.15) is 0 Å². The Bertz CT molecular complexity index is 1050. The minimum Gasteiger partial charge on any atom is -0.349 e. The topological polar surface area (TPSA) is 49.0 Å². The average molecular weight is 319 g/mol. The van der Waals surface area contributed by atoms with Gasteiger partial charge < -0.3 is 9.88 Å². The van der Waals surface area contributed by atoms with E-state index in [1.165, 1.54) is 17.0 Å². The first kappa shape index (κ1) is 14.4. The molecule has 2 heterocycles. The van der Waals surface area contributed by atoms with Crippen molar-refractivity contribution >= 4 is 33.4 Å². The number of benzene rings is 2. The lowest BCUT2D eigenvalue weighted by molar-refractivity contribution is 0.0989. The van der Waals surface area contributed by atoms with Crippen molar-refractivity contribution < 1.29 is 9.18 Å². The van der Waals surface area contributed by atoms with Crippen molar-refractivity contribution in [2.24, 2.45) is 0 Å². The third-order valence-electron chi connectivity index (χ3n) is 4.12. The Hall–Kier alpha value is -3.21. The molecule has 2 aromatic carbocycles. The number of nitrogens with one attached hydrogen (secondary N) is 1. The summed E-state index contributed by atoms with van der Waals surface area (Å²) in [5.41, 5.74) is 2.76. The summed E-state index contributed by atoms with van der Waals surface area (Å²) in [6.07, 6.45) is 1.73. The van der Waals surface area contributed by atoms with Crippen LogP contribution in [0, 0.1) is 5.82 Å². The van der Waals surface area contributed by atoms with Gasteiger partial charge >= 0.3 is 0 Å². The molecule has 0 atom stereocenters. The van der Waals surface area contributed by atoms with Crippen molar-refractivity contribution in [1.82, 2.24) is 9.97 Å². The van der Waals surface area contributed by atoms with Crippen LogP contribution in [0.25, 0.3) is 21.8 Å². The van der Waals surface area contributed by atoms with Gasteiger partial charge in [-0.05, 0) is 36.4 Å². The summed E-state index contributed by atoms with van der Waals surface area (Å²) < 4.78 is 13.0. The number of H-pyrrole nitrogens is 1. The maximum absolute atomic E-state index is 13.0. The first-order valence-corrected chi connectivity index (χ1v) is 7.53. The van der Waals surface area contributed by atoms with E-state index in [-0.39, 0.29) is 11.7 Å². The number of pyridine rings is 1. The van der Waals surface area contributed by atoms with Crippen LogP contribution < -0.4 is 4.90 Å². The van der Waals surface area contributed by atoms with Gasteiger partial charge in [0, 0.05) is 29.7 Å². The van der Waals surface area contributed by atoms with Crippen LogP contribution in [-0.2, 0) is 0 Å². The molecule has 1 amide bonds. The predicted octanol–water partition coefficient (Wildman–Crippen LogP) is 4.13. The molecule has 4 nitrogen and oxygen atoms in total. The largest absolute Gasteiger partial charge is 0.349 e. The van der Waals surface area contributed by atoms with E-state index in [1.807, 2.05) is 30.3 Å². The summed E-state index contributed by atoms with van der Waals surface area (Å²) in [6, 6.07) is 15.4. The number of aromatic nitrogens is 2. The molecule has 1 N–H and O–H groups in total. The Morgan fingerprint density at radius 3 is 2.62 bits per heavy atom. The molecule has 0 radical (unpaired) electrons. The van der Waals surface area contributed by atoms with Crippen LogP contribution in [0.15, 0.2) is 60.8 Å². The lowest BCUT2D eigenvalue weighted by Gasteiger charge is -2.16. The van der Waals surface area contributed by atoms with Crippen molar-refractivity contribution in [3.8, 4) is 0 Å². The zero-order valence-electron chi connectivity index (χ0n) is 13.0. The lowest BCUT2D eigenvalue weighted by Crippen LogP contribution is -2.26. The molecule has 0 saturated heterocycles. The quantitative estimate of drug-likeness (QED) is 0.604. The number of carbonyl (C=O) groups excluding carboxylic acids is 1. The fraction of sp³-hybridized carbons (Fsp3) is 0.0526. The van der Waals surface area contributed by atoms with Crippen LogP contribution in [0.2, 0.25) is 0 Å². The van der Waals surface area contributed by atoms with Crippen LogP contribution in [0.1, 0.15) is 10.5 Å². The van der Waals surface area contributed by atoms with E-state index in [2.05, 4.69) is 9.97 Å². The SMILES string of the molecule is CN(C(=O)c1cc2ccc3cccnc3c2[nH]1)c1ccc(F)cc1. The number of nitrogens with zero attached hydrogens (tertiary/aromatic N) is 2. The van der Waals surface area contributed by atoms with Crippen LogP contribution in [0.4, 0.5) is 10.1 Å². The molecule has 5 heteroatoms. The Morgan fingerprint density at radius 2 is 1.83 bits per heavy atom. The molecular weight excluding hydrogens is 305 g/mol. The Kier molecular flexibility index (Phi) is 3.27. The van der Waals surface area contributed by atoms with Crippen molar-refractivity contribution in [2.75, 3.05) is 11.9 Å². The number of hydrogen-bond donors (Lipinski definition) is 1. The monoisotopic (exact) mass is 319 g/mol. The van der Waals surface area contributed by atoms with E-state index in [4.69, 9.17) is 0 Å². The van der Waals surface area contributed by atoms with Crippen molar-refractivity contribution in [3.63, 3.8) is 0 Å². The van der Waals surface area contributed by atoms with Gasteiger partial charge in [0.1, 0.15) is 11.5 Å². The maximum Gasteiger partial charge on any atom is 0.274 e. The van der Waals surface area contributed by atoms with Crippen molar-refractivity contribution in [1.29, 1.82) is 0 Å². The second kappa shape index (κ2) is 5.45. The second-order valence-electron chi connectivity index (χ2n) is 5.63. The zero-order chi connectivity index (χ0) is 16.7. The summed E-state index contributed by atoms with van der Waals surface area (Å²) in [5, 5.41) is 1.94. The number of carbonyl (C=O) groups is 1. The minimum atomic E-state index is -0.331. The third kappa shape index (κ3) is 2.31. The molecule has 0 saturated carbocycles. The number of hydrogen-bond acceptors (Lipinski definition) is 2. The second-order valence-corrected chi connectivity index (χ2v) is 5.63. The molecule has 118 valence electrons. The first-order chi connectivity index (χ1) is 11.6. The zero-order valence-corrected chi connectivity index (χ0v) is 13.0. The van der Waals surface area contributed by atoms with Crippen LogP contribution in [-0.4, -0.2) is 22.9 Å². The molecular formula is C19H14FN3O. The highest BCUT2D eigenvalue weighted by Gasteiger charge is 2.17. The highest BCUT2D eigenvalue weighted by Crippen LogP contribution is 2.25. The van der Waals surface area contributed by atoms with E-state index in [0.29, 0.717) is 11.4 Å². The molecule has 0 aliphatic carbocycles. The van der Waals surface area contributed by atoms with Crippen LogP contribution >= 0.6 is 0 Å². The van der Waals surface area contributed by atoms with E-state index in [0.717, 1.165) is 21.8 Å². The molecule has 0 spiro atoms. The third-order valence-corrected chi connectivity index (χ3v) is 4.12. The fourth-order valence-corrected chi connectivity index (χ4v) is 2.82. The van der Waals surface area contributed by atoms with E-state index in [1.54, 1.807) is 25.4 Å². The number of anilines is 1. The minimum absolute atomic E-state index is 0.193. The summed E-state index contributed by atoms with van der Waals surface area (Å²) in [4.78, 5) is 21.8. The summed E-state index contributed by atoms with van der Waals surface area (Å²) in [7, 11) is 1.66. The lowest BCUT2D eigenvalue weighted by atomic mass is 10.1. The van der Waals surface area contributed by atoms with Crippen LogP contribution in [0.5, 0.6) is 0 Å². The van der Waals surface area contributed by atoms with Crippen molar-refractivity contribution in [3.05, 3.63) is 72.3 Å². The normalized spacial score (nSPS) is 11.1. The van der Waals surface area contributed by atoms with E-state index in [9.17, 15) is 9.18 Å². The predicted molar refractivity (Wildman–Crippen MR) is 92.7 cm³/mol. The smallest absolute Gasteiger partial charge is 0.274 e. The number of fused-ring (bicyclic) bond motifs is 3. The van der Waals surface area contributed by atoms with Gasteiger partial charge in [0.05, 0.1) is 11.0 Å². The van der Waals surface area contributed by atoms with E-state index < -0.39 is 0 Å². The Morgan fingerprint density at radius 1 is 1.08 bits per heavy atom. The van der Waals surface area contributed by atoms with Gasteiger partial charge in [-0.3, -0.25) is 9.78 Å². The highest BCUT2D eigenvalue weighted by molar-refractivity contribution is 6.11. The Balaban J connectivity index is 1.77. The molecule has 0 fully saturated rings. The van der Waals surface area contributed by atoms with Gasteiger partial charge in [-0.1, -0.05) is 18.2 Å². The maximum atomic E-state index is 13.0. The van der Waals surface area contributed by atoms with Gasteiger partial charge in [-0.15, -0.1) is 0 Å². The molecule has 0 aliphatic heterocycles. The number of rotatable bonds is 2. The first-order valence-electron chi connectivity index (χ1n) is 7.53. The summed E-state index contributed by atoms with van der Waals surface area (Å²) >= 11 is 0. The molecule has 4 aromatic rings. The highest BCUT2D eigenvalue weighted by atomic mass is 19.1. The molecule has 0 aliphatic rings. The van der Waals surface area contributed by atoms with Gasteiger partial charge in [0.25, 0.3) is 5.91 Å². The summed E-state index contributed by atoms with van der Waals surface area (Å²) in [5.74, 6) is -0.523. The molecule has 4 rings (SSSR count). The van der Waals surface area contributed by atoms with Crippen LogP contribution in [0.3, 0.4) is 0 Å². The summed E-state index contributed by atoms with van der Waals surface area (Å²) in [6.45, 7) is 0. The average Bonchev–Trinajstić information content (AvgIpc) is 3.06. The Labute approximate surface area is 137 Å². The van der Waals surface area contributed by atoms with Gasteiger partial charge in [0.15, 0.2) is 0 Å². The van der Waals surface area contributed by atoms with E-state index >= 15 is 0 Å². The van der Waals surface area contributed by atoms with Crippen molar-refractivity contribution in [2.45, 2.75) is 0 Å².